The topological polar surface area (TPSA) is 90.5 Å². The quantitative estimate of drug-likeness (QED) is 0.641. The van der Waals surface area contributed by atoms with Crippen LogP contribution in [0.15, 0.2) is 27.4 Å². The minimum atomic E-state index is -0.636. The first-order valence-corrected chi connectivity index (χ1v) is 7.05. The minimum Gasteiger partial charge on any atom is -0.465 e. The standard InChI is InChI=1S/C15H18N2O5/c1-3-4-7-16-13(18)9-17-11-6-5-10(14(19)21-2)8-12(11)22-15(17)20/h5-6,8H,3-4,7,9H2,1-2H3,(H,16,18). The lowest BCUT2D eigenvalue weighted by atomic mass is 10.2. The lowest BCUT2D eigenvalue weighted by Gasteiger charge is -2.05. The normalized spacial score (nSPS) is 10.6. The van der Waals surface area contributed by atoms with E-state index in [1.165, 1.54) is 23.8 Å². The molecule has 7 nitrogen and oxygen atoms in total. The molecule has 1 amide bonds. The second-order valence-electron chi connectivity index (χ2n) is 4.83. The summed E-state index contributed by atoms with van der Waals surface area (Å²) < 4.78 is 10.9. The van der Waals surface area contributed by atoms with Crippen molar-refractivity contribution in [2.45, 2.75) is 26.3 Å². The smallest absolute Gasteiger partial charge is 0.420 e. The van der Waals surface area contributed by atoms with E-state index >= 15 is 0 Å². The molecule has 1 N–H and O–H groups in total. The monoisotopic (exact) mass is 306 g/mol. The molecule has 0 saturated heterocycles. The molecule has 0 aliphatic heterocycles. The zero-order chi connectivity index (χ0) is 16.1. The molecule has 0 spiro atoms. The number of oxazole rings is 1. The van der Waals surface area contributed by atoms with Gasteiger partial charge in [-0.05, 0) is 24.6 Å². The maximum atomic E-state index is 11.9. The third-order valence-electron chi connectivity index (χ3n) is 3.24. The highest BCUT2D eigenvalue weighted by Crippen LogP contribution is 2.15. The molecule has 0 fully saturated rings. The van der Waals surface area contributed by atoms with Crippen molar-refractivity contribution in [3.8, 4) is 0 Å². The van der Waals surface area contributed by atoms with Crippen LogP contribution in [-0.4, -0.2) is 30.1 Å². The molecule has 1 aromatic heterocycles. The lowest BCUT2D eigenvalue weighted by molar-refractivity contribution is -0.121. The summed E-state index contributed by atoms with van der Waals surface area (Å²) in [5, 5.41) is 2.74. The Hall–Kier alpha value is -2.57. The summed E-state index contributed by atoms with van der Waals surface area (Å²) in [6, 6.07) is 4.51. The van der Waals surface area contributed by atoms with Gasteiger partial charge in [-0.25, -0.2) is 9.59 Å². The molecule has 0 atom stereocenters. The van der Waals surface area contributed by atoms with Gasteiger partial charge in [0.25, 0.3) is 0 Å². The van der Waals surface area contributed by atoms with Crippen LogP contribution in [0.2, 0.25) is 0 Å². The molecule has 0 bridgehead atoms. The second-order valence-corrected chi connectivity index (χ2v) is 4.83. The number of benzene rings is 1. The van der Waals surface area contributed by atoms with Gasteiger partial charge >= 0.3 is 11.7 Å². The van der Waals surface area contributed by atoms with E-state index < -0.39 is 11.7 Å². The fourth-order valence-electron chi connectivity index (χ4n) is 2.07. The Labute approximate surface area is 126 Å². The van der Waals surface area contributed by atoms with Crippen molar-refractivity contribution in [3.63, 3.8) is 0 Å². The van der Waals surface area contributed by atoms with Gasteiger partial charge in [0.2, 0.25) is 5.91 Å². The molecule has 2 rings (SSSR count). The first-order chi connectivity index (χ1) is 10.6. The molecular formula is C15H18N2O5. The Morgan fingerprint density at radius 2 is 2.14 bits per heavy atom. The van der Waals surface area contributed by atoms with Crippen molar-refractivity contribution in [1.82, 2.24) is 9.88 Å². The number of fused-ring (bicyclic) bond motifs is 1. The average molecular weight is 306 g/mol. The SMILES string of the molecule is CCCCNC(=O)Cn1c(=O)oc2cc(C(=O)OC)ccc21. The number of esters is 1. The van der Waals surface area contributed by atoms with E-state index in [9.17, 15) is 14.4 Å². The van der Waals surface area contributed by atoms with Gasteiger partial charge in [-0.15, -0.1) is 0 Å². The van der Waals surface area contributed by atoms with Gasteiger partial charge < -0.3 is 14.5 Å². The molecule has 1 aromatic carbocycles. The number of carbonyl (C=O) groups is 2. The summed E-state index contributed by atoms with van der Waals surface area (Å²) >= 11 is 0. The first kappa shape index (κ1) is 15.8. The fraction of sp³-hybridized carbons (Fsp3) is 0.400. The van der Waals surface area contributed by atoms with Gasteiger partial charge in [0.15, 0.2) is 5.58 Å². The zero-order valence-electron chi connectivity index (χ0n) is 12.5. The van der Waals surface area contributed by atoms with Crippen LogP contribution in [0.1, 0.15) is 30.1 Å². The van der Waals surface area contributed by atoms with Crippen molar-refractivity contribution in [2.24, 2.45) is 0 Å². The van der Waals surface area contributed by atoms with E-state index in [0.29, 0.717) is 12.1 Å². The Morgan fingerprint density at radius 3 is 2.82 bits per heavy atom. The Balaban J connectivity index is 2.24. The van der Waals surface area contributed by atoms with Gasteiger partial charge in [-0.2, -0.15) is 0 Å². The number of rotatable bonds is 6. The highest BCUT2D eigenvalue weighted by Gasteiger charge is 2.15. The lowest BCUT2D eigenvalue weighted by Crippen LogP contribution is -2.31. The van der Waals surface area contributed by atoms with Gasteiger partial charge in [0.1, 0.15) is 6.54 Å². The molecule has 2 aromatic rings. The number of nitrogens with zero attached hydrogens (tertiary/aromatic N) is 1. The summed E-state index contributed by atoms with van der Waals surface area (Å²) in [5.74, 6) is -1.41. The van der Waals surface area contributed by atoms with Crippen LogP contribution >= 0.6 is 0 Å². The number of nitrogens with one attached hydrogen (secondary N) is 1. The van der Waals surface area contributed by atoms with Crippen LogP contribution in [0.3, 0.4) is 0 Å². The summed E-state index contributed by atoms with van der Waals surface area (Å²) in [6.07, 6.45) is 1.86. The molecule has 0 radical (unpaired) electrons. The van der Waals surface area contributed by atoms with Crippen LogP contribution in [0.25, 0.3) is 11.1 Å². The number of hydrogen-bond donors (Lipinski definition) is 1. The molecule has 0 saturated carbocycles. The van der Waals surface area contributed by atoms with Gasteiger partial charge in [0, 0.05) is 6.54 Å². The Kier molecular flexibility index (Phi) is 4.98. The van der Waals surface area contributed by atoms with Crippen LogP contribution in [0.4, 0.5) is 0 Å². The van der Waals surface area contributed by atoms with E-state index in [1.807, 2.05) is 6.92 Å². The van der Waals surface area contributed by atoms with E-state index in [-0.39, 0.29) is 23.6 Å². The number of hydrogen-bond acceptors (Lipinski definition) is 5. The third kappa shape index (κ3) is 3.36. The molecule has 22 heavy (non-hydrogen) atoms. The van der Waals surface area contributed by atoms with Crippen LogP contribution < -0.4 is 11.1 Å². The largest absolute Gasteiger partial charge is 0.465 e. The van der Waals surface area contributed by atoms with Crippen LogP contribution in [0, 0.1) is 0 Å². The van der Waals surface area contributed by atoms with Gasteiger partial charge in [-0.1, -0.05) is 13.3 Å². The minimum absolute atomic E-state index is 0.118. The van der Waals surface area contributed by atoms with Crippen LogP contribution in [0.5, 0.6) is 0 Å². The molecule has 0 unspecified atom stereocenters. The summed E-state index contributed by atoms with van der Waals surface area (Å²) in [5.41, 5.74) is 0.987. The van der Waals surface area contributed by atoms with Crippen molar-refractivity contribution >= 4 is 23.0 Å². The number of methoxy groups -OCH3 is 1. The molecule has 118 valence electrons. The highest BCUT2D eigenvalue weighted by atomic mass is 16.5. The number of aromatic nitrogens is 1. The number of carbonyl (C=O) groups excluding carboxylic acids is 2. The average Bonchev–Trinajstić information content (AvgIpc) is 2.82. The van der Waals surface area contributed by atoms with Gasteiger partial charge in [0.05, 0.1) is 18.2 Å². The number of amides is 1. The maximum absolute atomic E-state index is 11.9. The van der Waals surface area contributed by atoms with E-state index in [0.717, 1.165) is 12.8 Å². The fourth-order valence-corrected chi connectivity index (χ4v) is 2.07. The predicted octanol–water partition coefficient (Wildman–Crippen LogP) is 1.30. The van der Waals surface area contributed by atoms with Crippen molar-refractivity contribution in [2.75, 3.05) is 13.7 Å². The molecular weight excluding hydrogens is 288 g/mol. The first-order valence-electron chi connectivity index (χ1n) is 7.05. The third-order valence-corrected chi connectivity index (χ3v) is 3.24. The van der Waals surface area contributed by atoms with E-state index in [1.54, 1.807) is 6.07 Å². The zero-order valence-corrected chi connectivity index (χ0v) is 12.5. The predicted molar refractivity (Wildman–Crippen MR) is 79.7 cm³/mol. The summed E-state index contributed by atoms with van der Waals surface area (Å²) in [4.78, 5) is 35.1. The second kappa shape index (κ2) is 6.93. The molecule has 0 aliphatic rings. The van der Waals surface area contributed by atoms with E-state index in [2.05, 4.69) is 10.1 Å². The number of ether oxygens (including phenoxy) is 1. The molecule has 1 heterocycles. The van der Waals surface area contributed by atoms with Crippen molar-refractivity contribution < 1.29 is 18.7 Å². The van der Waals surface area contributed by atoms with Crippen molar-refractivity contribution in [3.05, 3.63) is 34.3 Å². The van der Waals surface area contributed by atoms with Crippen molar-refractivity contribution in [1.29, 1.82) is 0 Å². The van der Waals surface area contributed by atoms with Crippen LogP contribution in [-0.2, 0) is 16.1 Å². The maximum Gasteiger partial charge on any atom is 0.420 e. The highest BCUT2D eigenvalue weighted by molar-refractivity contribution is 5.93. The summed E-state index contributed by atoms with van der Waals surface area (Å²) in [7, 11) is 1.27. The molecule has 0 aliphatic carbocycles. The number of unbranched alkanes of at least 4 members (excludes halogenated alkanes) is 1. The Bertz CT molecular complexity index is 744. The van der Waals surface area contributed by atoms with E-state index in [4.69, 9.17) is 4.42 Å². The summed E-state index contributed by atoms with van der Waals surface area (Å²) in [6.45, 7) is 2.48. The van der Waals surface area contributed by atoms with Gasteiger partial charge in [-0.3, -0.25) is 9.36 Å². The Morgan fingerprint density at radius 1 is 1.36 bits per heavy atom. The molecule has 7 heteroatoms.